The lowest BCUT2D eigenvalue weighted by Gasteiger charge is -2.21. The SMILES string of the molecule is CCNC(C)CCCCN(C)c1cc(C)cc(C)c1. The van der Waals surface area contributed by atoms with Crippen molar-refractivity contribution in [2.45, 2.75) is 53.0 Å². The summed E-state index contributed by atoms with van der Waals surface area (Å²) in [5.74, 6) is 0. The molecule has 1 rings (SSSR count). The Hall–Kier alpha value is -1.02. The fourth-order valence-corrected chi connectivity index (χ4v) is 2.55. The molecular formula is C17H30N2. The maximum Gasteiger partial charge on any atom is 0.0368 e. The number of aryl methyl sites for hydroxylation is 2. The number of nitrogens with one attached hydrogen (secondary N) is 1. The molecule has 108 valence electrons. The summed E-state index contributed by atoms with van der Waals surface area (Å²) in [6, 6.07) is 7.43. The highest BCUT2D eigenvalue weighted by Crippen LogP contribution is 2.18. The summed E-state index contributed by atoms with van der Waals surface area (Å²) in [6.45, 7) is 11.0. The quantitative estimate of drug-likeness (QED) is 0.715. The van der Waals surface area contributed by atoms with E-state index in [1.54, 1.807) is 0 Å². The third-order valence-electron chi connectivity index (χ3n) is 3.58. The van der Waals surface area contributed by atoms with Crippen LogP contribution in [0.2, 0.25) is 0 Å². The molecule has 0 saturated carbocycles. The van der Waals surface area contributed by atoms with Gasteiger partial charge in [0.15, 0.2) is 0 Å². The van der Waals surface area contributed by atoms with E-state index in [0.717, 1.165) is 13.1 Å². The second kappa shape index (κ2) is 8.21. The van der Waals surface area contributed by atoms with E-state index in [4.69, 9.17) is 0 Å². The molecule has 0 spiro atoms. The topological polar surface area (TPSA) is 15.3 Å². The predicted molar refractivity (Wildman–Crippen MR) is 86.2 cm³/mol. The second-order valence-corrected chi connectivity index (χ2v) is 5.72. The molecule has 0 aliphatic rings. The average Bonchev–Trinajstić information content (AvgIpc) is 2.33. The standard InChI is InChI=1S/C17H30N2/c1-6-18-16(4)9-7-8-10-19(5)17-12-14(2)11-15(3)13-17/h11-13,16,18H,6-10H2,1-5H3. The molecule has 0 heterocycles. The molecule has 1 aromatic rings. The second-order valence-electron chi connectivity index (χ2n) is 5.72. The lowest BCUT2D eigenvalue weighted by molar-refractivity contribution is 0.503. The number of benzene rings is 1. The summed E-state index contributed by atoms with van der Waals surface area (Å²) in [5.41, 5.74) is 4.04. The van der Waals surface area contributed by atoms with Gasteiger partial charge in [0.05, 0.1) is 0 Å². The molecule has 0 radical (unpaired) electrons. The third kappa shape index (κ3) is 6.11. The number of nitrogens with zero attached hydrogens (tertiary/aromatic N) is 1. The van der Waals surface area contributed by atoms with Gasteiger partial charge in [0.1, 0.15) is 0 Å². The van der Waals surface area contributed by atoms with Crippen LogP contribution in [0.4, 0.5) is 5.69 Å². The van der Waals surface area contributed by atoms with Crippen LogP contribution in [0.5, 0.6) is 0 Å². The maximum atomic E-state index is 3.47. The van der Waals surface area contributed by atoms with E-state index in [-0.39, 0.29) is 0 Å². The van der Waals surface area contributed by atoms with Crippen molar-refractivity contribution in [2.24, 2.45) is 0 Å². The molecule has 2 nitrogen and oxygen atoms in total. The van der Waals surface area contributed by atoms with Crippen molar-refractivity contribution >= 4 is 5.69 Å². The fraction of sp³-hybridized carbons (Fsp3) is 0.647. The summed E-state index contributed by atoms with van der Waals surface area (Å²) in [7, 11) is 2.20. The number of anilines is 1. The van der Waals surface area contributed by atoms with Crippen LogP contribution in [0.15, 0.2) is 18.2 Å². The molecule has 1 unspecified atom stereocenters. The van der Waals surface area contributed by atoms with E-state index in [1.165, 1.54) is 36.1 Å². The molecular weight excluding hydrogens is 232 g/mol. The minimum Gasteiger partial charge on any atom is -0.375 e. The molecule has 0 amide bonds. The van der Waals surface area contributed by atoms with Crippen molar-refractivity contribution in [3.63, 3.8) is 0 Å². The Bertz CT molecular complexity index is 353. The van der Waals surface area contributed by atoms with Crippen LogP contribution in [0.25, 0.3) is 0 Å². The molecule has 1 atom stereocenters. The molecule has 0 aliphatic carbocycles. The summed E-state index contributed by atoms with van der Waals surface area (Å²) >= 11 is 0. The summed E-state index contributed by atoms with van der Waals surface area (Å²) in [4.78, 5) is 2.37. The predicted octanol–water partition coefficient (Wildman–Crippen LogP) is 3.91. The van der Waals surface area contributed by atoms with E-state index in [1.807, 2.05) is 0 Å². The smallest absolute Gasteiger partial charge is 0.0368 e. The van der Waals surface area contributed by atoms with Crippen LogP contribution in [-0.4, -0.2) is 26.2 Å². The minimum absolute atomic E-state index is 0.650. The van der Waals surface area contributed by atoms with Gasteiger partial charge in [-0.25, -0.2) is 0 Å². The van der Waals surface area contributed by atoms with Crippen molar-refractivity contribution in [1.29, 1.82) is 0 Å². The van der Waals surface area contributed by atoms with E-state index in [9.17, 15) is 0 Å². The zero-order valence-electron chi connectivity index (χ0n) is 13.3. The first kappa shape index (κ1) is 16.0. The summed E-state index contributed by atoms with van der Waals surface area (Å²) in [5, 5.41) is 3.47. The lowest BCUT2D eigenvalue weighted by Crippen LogP contribution is -2.26. The number of hydrogen-bond donors (Lipinski definition) is 1. The molecule has 19 heavy (non-hydrogen) atoms. The van der Waals surface area contributed by atoms with Crippen molar-refractivity contribution in [2.75, 3.05) is 25.0 Å². The highest BCUT2D eigenvalue weighted by molar-refractivity contribution is 5.50. The van der Waals surface area contributed by atoms with Gasteiger partial charge in [0.25, 0.3) is 0 Å². The number of unbranched alkanes of at least 4 members (excludes halogenated alkanes) is 1. The van der Waals surface area contributed by atoms with E-state index in [0.29, 0.717) is 6.04 Å². The molecule has 2 heteroatoms. The van der Waals surface area contributed by atoms with Gasteiger partial charge in [-0.1, -0.05) is 19.4 Å². The van der Waals surface area contributed by atoms with Gasteiger partial charge in [0, 0.05) is 25.3 Å². The van der Waals surface area contributed by atoms with E-state index >= 15 is 0 Å². The molecule has 0 aliphatic heterocycles. The highest BCUT2D eigenvalue weighted by Gasteiger charge is 2.03. The van der Waals surface area contributed by atoms with Crippen LogP contribution in [-0.2, 0) is 0 Å². The van der Waals surface area contributed by atoms with Gasteiger partial charge in [-0.3, -0.25) is 0 Å². The molecule has 0 fully saturated rings. The number of rotatable bonds is 8. The highest BCUT2D eigenvalue weighted by atomic mass is 15.1. The summed E-state index contributed by atoms with van der Waals surface area (Å²) in [6.07, 6.45) is 3.83. The fourth-order valence-electron chi connectivity index (χ4n) is 2.55. The van der Waals surface area contributed by atoms with Gasteiger partial charge in [-0.2, -0.15) is 0 Å². The Balaban J connectivity index is 2.33. The van der Waals surface area contributed by atoms with Gasteiger partial charge in [-0.15, -0.1) is 0 Å². The Morgan fingerprint density at radius 3 is 2.32 bits per heavy atom. The van der Waals surface area contributed by atoms with Crippen LogP contribution < -0.4 is 10.2 Å². The van der Waals surface area contributed by atoms with Crippen molar-refractivity contribution < 1.29 is 0 Å². The van der Waals surface area contributed by atoms with Crippen LogP contribution in [0.1, 0.15) is 44.2 Å². The van der Waals surface area contributed by atoms with Gasteiger partial charge >= 0.3 is 0 Å². The van der Waals surface area contributed by atoms with Crippen molar-refractivity contribution in [3.8, 4) is 0 Å². The van der Waals surface area contributed by atoms with Gasteiger partial charge in [-0.05, 0) is 63.4 Å². The maximum absolute atomic E-state index is 3.47. The van der Waals surface area contributed by atoms with Crippen molar-refractivity contribution in [1.82, 2.24) is 5.32 Å². The molecule has 1 N–H and O–H groups in total. The Labute approximate surface area is 119 Å². The van der Waals surface area contributed by atoms with E-state index < -0.39 is 0 Å². The zero-order chi connectivity index (χ0) is 14.3. The van der Waals surface area contributed by atoms with Crippen LogP contribution in [0, 0.1) is 13.8 Å². The molecule has 0 aromatic heterocycles. The molecule has 0 saturated heterocycles. The minimum atomic E-state index is 0.650. The first-order chi connectivity index (χ1) is 9.02. The lowest BCUT2D eigenvalue weighted by atomic mass is 10.1. The monoisotopic (exact) mass is 262 g/mol. The number of hydrogen-bond acceptors (Lipinski definition) is 2. The first-order valence-electron chi connectivity index (χ1n) is 7.55. The Morgan fingerprint density at radius 1 is 1.11 bits per heavy atom. The Kier molecular flexibility index (Phi) is 6.93. The first-order valence-corrected chi connectivity index (χ1v) is 7.55. The Morgan fingerprint density at radius 2 is 1.74 bits per heavy atom. The molecule has 1 aromatic carbocycles. The van der Waals surface area contributed by atoms with E-state index in [2.05, 4.69) is 63.2 Å². The summed E-state index contributed by atoms with van der Waals surface area (Å²) < 4.78 is 0. The zero-order valence-corrected chi connectivity index (χ0v) is 13.3. The third-order valence-corrected chi connectivity index (χ3v) is 3.58. The van der Waals surface area contributed by atoms with Gasteiger partial charge < -0.3 is 10.2 Å². The molecule has 0 bridgehead atoms. The average molecular weight is 262 g/mol. The van der Waals surface area contributed by atoms with Crippen LogP contribution in [0.3, 0.4) is 0 Å². The van der Waals surface area contributed by atoms with Gasteiger partial charge in [0.2, 0.25) is 0 Å². The largest absolute Gasteiger partial charge is 0.375 e. The normalized spacial score (nSPS) is 12.5. The van der Waals surface area contributed by atoms with Crippen LogP contribution >= 0.6 is 0 Å². The van der Waals surface area contributed by atoms with Crippen molar-refractivity contribution in [3.05, 3.63) is 29.3 Å².